The van der Waals surface area contributed by atoms with E-state index >= 15 is 0 Å². The molecular formula is C22H22F2N6O2. The van der Waals surface area contributed by atoms with Crippen molar-refractivity contribution in [3.63, 3.8) is 0 Å². The van der Waals surface area contributed by atoms with Crippen LogP contribution in [0, 0.1) is 5.92 Å². The van der Waals surface area contributed by atoms with Crippen molar-refractivity contribution in [3.05, 3.63) is 52.2 Å². The fourth-order valence-corrected chi connectivity index (χ4v) is 4.92. The smallest absolute Gasteiger partial charge is 0.338 e. The zero-order chi connectivity index (χ0) is 22.2. The van der Waals surface area contributed by atoms with E-state index in [4.69, 9.17) is 0 Å². The molecule has 5 heterocycles. The van der Waals surface area contributed by atoms with E-state index in [1.807, 2.05) is 18.2 Å². The van der Waals surface area contributed by atoms with E-state index in [1.54, 1.807) is 19.4 Å². The number of carbonyl (C=O) groups is 1. The Morgan fingerprint density at radius 1 is 1.22 bits per heavy atom. The Labute approximate surface area is 182 Å². The van der Waals surface area contributed by atoms with E-state index in [9.17, 15) is 18.4 Å². The van der Waals surface area contributed by atoms with Crippen LogP contribution in [0.3, 0.4) is 0 Å². The monoisotopic (exact) mass is 440 g/mol. The molecule has 2 atom stereocenters. The first-order valence-electron chi connectivity index (χ1n) is 10.8. The molecule has 166 valence electrons. The number of rotatable bonds is 2. The van der Waals surface area contributed by atoms with Gasteiger partial charge in [-0.25, -0.2) is 23.2 Å². The Morgan fingerprint density at radius 3 is 2.78 bits per heavy atom. The Balaban J connectivity index is 1.33. The third-order valence-electron chi connectivity index (χ3n) is 6.88. The van der Waals surface area contributed by atoms with Gasteiger partial charge in [0.1, 0.15) is 5.82 Å². The van der Waals surface area contributed by atoms with Gasteiger partial charge in [-0.2, -0.15) is 5.10 Å². The molecule has 6 rings (SSSR count). The Hall–Kier alpha value is -3.30. The summed E-state index contributed by atoms with van der Waals surface area (Å²) < 4.78 is 29.7. The summed E-state index contributed by atoms with van der Waals surface area (Å²) >= 11 is 0. The molecular weight excluding hydrogens is 418 g/mol. The zero-order valence-corrected chi connectivity index (χ0v) is 17.5. The molecule has 32 heavy (non-hydrogen) atoms. The topological polar surface area (TPSA) is 75.7 Å². The lowest BCUT2D eigenvalue weighted by molar-refractivity contribution is -0.0494. The average molecular weight is 440 g/mol. The number of aromatic nitrogens is 4. The van der Waals surface area contributed by atoms with Crippen molar-refractivity contribution in [2.45, 2.75) is 31.1 Å². The molecule has 2 aliphatic heterocycles. The average Bonchev–Trinajstić information content (AvgIpc) is 3.51. The maximum absolute atomic E-state index is 13.5. The fraction of sp³-hybridized carbons (Fsp3) is 0.455. The minimum Gasteiger partial charge on any atom is -0.338 e. The van der Waals surface area contributed by atoms with Crippen LogP contribution in [0.2, 0.25) is 0 Å². The third-order valence-corrected chi connectivity index (χ3v) is 6.88. The molecule has 1 amide bonds. The number of alkyl halides is 2. The van der Waals surface area contributed by atoms with E-state index in [-0.39, 0.29) is 37.5 Å². The second-order valence-corrected chi connectivity index (χ2v) is 9.02. The Bertz CT molecular complexity index is 1310. The van der Waals surface area contributed by atoms with Crippen LogP contribution in [0.15, 0.2) is 35.4 Å². The molecule has 0 aromatic carbocycles. The lowest BCUT2D eigenvalue weighted by atomic mass is 10.0. The first kappa shape index (κ1) is 19.4. The highest BCUT2D eigenvalue weighted by atomic mass is 19.3. The van der Waals surface area contributed by atoms with E-state index in [0.717, 1.165) is 30.0 Å². The minimum atomic E-state index is -2.69. The van der Waals surface area contributed by atoms with Crippen LogP contribution in [-0.2, 0) is 7.05 Å². The van der Waals surface area contributed by atoms with E-state index in [2.05, 4.69) is 15.0 Å². The molecule has 2 unspecified atom stereocenters. The summed E-state index contributed by atoms with van der Waals surface area (Å²) in [7, 11) is 1.61. The van der Waals surface area contributed by atoms with Crippen LogP contribution in [-0.4, -0.2) is 55.5 Å². The highest BCUT2D eigenvalue weighted by molar-refractivity contribution is 5.94. The number of likely N-dealkylation sites (tertiary alicyclic amines) is 1. The van der Waals surface area contributed by atoms with Crippen molar-refractivity contribution >= 4 is 23.1 Å². The van der Waals surface area contributed by atoms with E-state index in [1.165, 1.54) is 14.0 Å². The molecule has 0 spiro atoms. The summed E-state index contributed by atoms with van der Waals surface area (Å²) in [5.41, 5.74) is 2.72. The number of piperidine rings is 1. The Kier molecular flexibility index (Phi) is 4.00. The molecule has 10 heteroatoms. The molecule has 3 aliphatic rings. The van der Waals surface area contributed by atoms with Gasteiger partial charge in [0.05, 0.1) is 5.56 Å². The molecule has 3 aromatic rings. The van der Waals surface area contributed by atoms with Crippen LogP contribution < -0.4 is 10.6 Å². The van der Waals surface area contributed by atoms with Crippen LogP contribution in [0.4, 0.5) is 20.3 Å². The summed E-state index contributed by atoms with van der Waals surface area (Å²) in [6.07, 6.45) is 3.70. The first-order valence-corrected chi connectivity index (χ1v) is 10.8. The summed E-state index contributed by atoms with van der Waals surface area (Å²) in [4.78, 5) is 33.3. The molecule has 2 fully saturated rings. The summed E-state index contributed by atoms with van der Waals surface area (Å²) in [6.45, 7) is 0.932. The maximum Gasteiger partial charge on any atom is 0.350 e. The van der Waals surface area contributed by atoms with Gasteiger partial charge in [-0.15, -0.1) is 0 Å². The van der Waals surface area contributed by atoms with Crippen LogP contribution in [0.25, 0.3) is 5.65 Å². The minimum absolute atomic E-state index is 0.0601. The van der Waals surface area contributed by atoms with Gasteiger partial charge < -0.3 is 9.80 Å². The number of amides is 1. The third kappa shape index (κ3) is 3.00. The van der Waals surface area contributed by atoms with Crippen molar-refractivity contribution in [1.82, 2.24) is 24.1 Å². The lowest BCUT2D eigenvalue weighted by Crippen LogP contribution is -2.42. The first-order chi connectivity index (χ1) is 15.3. The molecule has 0 bridgehead atoms. The molecule has 0 N–H and O–H groups in total. The van der Waals surface area contributed by atoms with Crippen molar-refractivity contribution in [2.24, 2.45) is 13.0 Å². The highest BCUT2D eigenvalue weighted by Gasteiger charge is 2.46. The molecule has 1 aliphatic carbocycles. The predicted molar refractivity (Wildman–Crippen MR) is 113 cm³/mol. The van der Waals surface area contributed by atoms with Crippen LogP contribution in [0.1, 0.15) is 41.1 Å². The molecule has 1 saturated carbocycles. The number of anilines is 2. The van der Waals surface area contributed by atoms with Crippen molar-refractivity contribution in [2.75, 3.05) is 24.5 Å². The number of fused-ring (bicyclic) bond motifs is 4. The van der Waals surface area contributed by atoms with Gasteiger partial charge in [-0.3, -0.25) is 9.20 Å². The van der Waals surface area contributed by atoms with Crippen molar-refractivity contribution < 1.29 is 13.6 Å². The number of carbonyl (C=O) groups excluding carboxylic acids is 1. The second kappa shape index (κ2) is 6.60. The van der Waals surface area contributed by atoms with Gasteiger partial charge in [-0.05, 0) is 36.0 Å². The number of hydrogen-bond acceptors (Lipinski definition) is 5. The quantitative estimate of drug-likeness (QED) is 0.612. The molecule has 1 saturated heterocycles. The number of hydrogen-bond donors (Lipinski definition) is 0. The Morgan fingerprint density at radius 2 is 2.00 bits per heavy atom. The largest absolute Gasteiger partial charge is 0.350 e. The van der Waals surface area contributed by atoms with Crippen molar-refractivity contribution in [1.29, 1.82) is 0 Å². The summed E-state index contributed by atoms with van der Waals surface area (Å²) in [6, 6.07) is 5.62. The number of aryl methyl sites for hydroxylation is 1. The SMILES string of the molecule is Cn1nc2cc(N3CC4CC4c4cc(C(=O)N5CCC(F)(F)CC5)cnc43)ccn2c1=O. The number of nitrogens with zero attached hydrogens (tertiary/aromatic N) is 6. The maximum atomic E-state index is 13.5. The number of halogens is 2. The molecule has 8 nitrogen and oxygen atoms in total. The molecule has 3 aromatic heterocycles. The summed E-state index contributed by atoms with van der Waals surface area (Å²) in [5, 5.41) is 4.27. The van der Waals surface area contributed by atoms with E-state index in [0.29, 0.717) is 23.0 Å². The molecule has 0 radical (unpaired) electrons. The number of pyridine rings is 2. The van der Waals surface area contributed by atoms with Crippen molar-refractivity contribution in [3.8, 4) is 0 Å². The summed E-state index contributed by atoms with van der Waals surface area (Å²) in [5.74, 6) is -1.28. The van der Waals surface area contributed by atoms with Gasteiger partial charge >= 0.3 is 5.69 Å². The standard InChI is InChI=1S/C22H22F2N6O2/c1-27-21(32)29-5-2-15(10-18(29)26-27)30-12-14-9-16(14)17-8-13(11-25-19(17)30)20(31)28-6-3-22(23,24)4-7-28/h2,5,8,10-11,14,16H,3-4,6-7,9,12H2,1H3. The van der Waals surface area contributed by atoms with Gasteiger partial charge in [-0.1, -0.05) is 0 Å². The second-order valence-electron chi connectivity index (χ2n) is 9.02. The van der Waals surface area contributed by atoms with Gasteiger partial charge in [0, 0.05) is 63.7 Å². The normalized spacial score (nSPS) is 23.7. The van der Waals surface area contributed by atoms with Gasteiger partial charge in [0.25, 0.3) is 11.8 Å². The highest BCUT2D eigenvalue weighted by Crippen LogP contribution is 2.55. The predicted octanol–water partition coefficient (Wildman–Crippen LogP) is 2.55. The van der Waals surface area contributed by atoms with Gasteiger partial charge in [0.15, 0.2) is 5.65 Å². The van der Waals surface area contributed by atoms with Crippen LogP contribution in [0.5, 0.6) is 0 Å². The zero-order valence-electron chi connectivity index (χ0n) is 17.5. The lowest BCUT2D eigenvalue weighted by Gasteiger charge is -2.33. The van der Waals surface area contributed by atoms with E-state index < -0.39 is 5.92 Å². The fourth-order valence-electron chi connectivity index (χ4n) is 4.92. The van der Waals surface area contributed by atoms with Crippen LogP contribution >= 0.6 is 0 Å². The van der Waals surface area contributed by atoms with Gasteiger partial charge in [0.2, 0.25) is 0 Å².